The summed E-state index contributed by atoms with van der Waals surface area (Å²) >= 11 is 7.53. The fraction of sp³-hybridized carbons (Fsp3) is 0.143. The maximum Gasteiger partial charge on any atom is 0.276 e. The molecule has 0 aliphatic carbocycles. The van der Waals surface area contributed by atoms with Crippen LogP contribution < -0.4 is 10.2 Å². The summed E-state index contributed by atoms with van der Waals surface area (Å²) in [6, 6.07) is 18.0. The van der Waals surface area contributed by atoms with Gasteiger partial charge < -0.3 is 10.2 Å². The van der Waals surface area contributed by atoms with E-state index >= 15 is 0 Å². The summed E-state index contributed by atoms with van der Waals surface area (Å²) in [6.45, 7) is 0.735. The molecule has 1 saturated heterocycles. The van der Waals surface area contributed by atoms with Gasteiger partial charge >= 0.3 is 0 Å². The molecule has 1 aliphatic rings. The minimum atomic E-state index is -0.350. The van der Waals surface area contributed by atoms with Crippen LogP contribution in [0, 0.1) is 0 Å². The molecule has 0 spiro atoms. The van der Waals surface area contributed by atoms with Crippen molar-refractivity contribution in [2.24, 2.45) is 0 Å². The molecular formula is C21H17ClN4O2S. The lowest BCUT2D eigenvalue weighted by Gasteiger charge is -2.16. The van der Waals surface area contributed by atoms with E-state index in [1.807, 2.05) is 36.4 Å². The molecule has 146 valence electrons. The van der Waals surface area contributed by atoms with Crippen molar-refractivity contribution in [2.75, 3.05) is 16.8 Å². The summed E-state index contributed by atoms with van der Waals surface area (Å²) in [5, 5.41) is 12.2. The average molecular weight is 425 g/mol. The molecule has 2 aromatic carbocycles. The van der Waals surface area contributed by atoms with Crippen LogP contribution in [0.4, 0.5) is 11.4 Å². The van der Waals surface area contributed by atoms with Crippen molar-refractivity contribution in [2.45, 2.75) is 22.8 Å². The zero-order valence-electron chi connectivity index (χ0n) is 15.3. The third-order valence-electron chi connectivity index (χ3n) is 4.43. The second kappa shape index (κ2) is 8.63. The van der Waals surface area contributed by atoms with Crippen LogP contribution in [0.15, 0.2) is 70.6 Å². The van der Waals surface area contributed by atoms with Gasteiger partial charge in [0.2, 0.25) is 5.91 Å². The van der Waals surface area contributed by atoms with E-state index in [2.05, 4.69) is 15.5 Å². The van der Waals surface area contributed by atoms with Crippen molar-refractivity contribution in [1.29, 1.82) is 0 Å². The van der Waals surface area contributed by atoms with E-state index in [0.29, 0.717) is 22.2 Å². The number of hydrogen-bond acceptors (Lipinski definition) is 5. The standard InChI is InChI=1S/C21H17ClN4O2S/c22-16-4-1-2-5-18(16)29-19-12-11-17(24-25-19)21(28)23-14-7-9-15(10-8-14)26-13-3-6-20(26)27/h1-2,4-5,7-12H,3,6,13H2,(H,23,28). The number of amides is 2. The molecule has 2 amide bonds. The van der Waals surface area contributed by atoms with Gasteiger partial charge in [0.1, 0.15) is 5.03 Å². The molecule has 1 aliphatic heterocycles. The minimum Gasteiger partial charge on any atom is -0.321 e. The molecule has 1 fully saturated rings. The quantitative estimate of drug-likeness (QED) is 0.644. The topological polar surface area (TPSA) is 75.2 Å². The highest BCUT2D eigenvalue weighted by Crippen LogP contribution is 2.31. The van der Waals surface area contributed by atoms with Gasteiger partial charge in [0.25, 0.3) is 5.91 Å². The lowest BCUT2D eigenvalue weighted by Crippen LogP contribution is -2.23. The van der Waals surface area contributed by atoms with Crippen molar-refractivity contribution in [3.05, 3.63) is 71.4 Å². The molecule has 1 N–H and O–H groups in total. The van der Waals surface area contributed by atoms with Gasteiger partial charge in [-0.1, -0.05) is 35.5 Å². The van der Waals surface area contributed by atoms with Gasteiger partial charge in [-0.25, -0.2) is 0 Å². The molecule has 3 aromatic rings. The Bertz CT molecular complexity index is 1040. The Morgan fingerprint density at radius 3 is 2.48 bits per heavy atom. The van der Waals surface area contributed by atoms with Gasteiger partial charge in [-0.05, 0) is 55.0 Å². The van der Waals surface area contributed by atoms with Crippen LogP contribution in [0.25, 0.3) is 0 Å². The third kappa shape index (κ3) is 4.58. The first-order chi connectivity index (χ1) is 14.1. The summed E-state index contributed by atoms with van der Waals surface area (Å²) in [6.07, 6.45) is 1.46. The number of nitrogens with one attached hydrogen (secondary N) is 1. The number of rotatable bonds is 5. The average Bonchev–Trinajstić information content (AvgIpc) is 3.17. The molecule has 0 bridgehead atoms. The Morgan fingerprint density at radius 1 is 1.03 bits per heavy atom. The van der Waals surface area contributed by atoms with E-state index in [9.17, 15) is 9.59 Å². The smallest absolute Gasteiger partial charge is 0.276 e. The van der Waals surface area contributed by atoms with Crippen molar-refractivity contribution < 1.29 is 9.59 Å². The number of carbonyl (C=O) groups excluding carboxylic acids is 2. The number of aromatic nitrogens is 2. The molecule has 0 radical (unpaired) electrons. The number of hydrogen-bond donors (Lipinski definition) is 1. The fourth-order valence-corrected chi connectivity index (χ4v) is 3.98. The van der Waals surface area contributed by atoms with Crippen molar-refractivity contribution in [1.82, 2.24) is 10.2 Å². The molecular weight excluding hydrogens is 408 g/mol. The van der Waals surface area contributed by atoms with Gasteiger partial charge in [0.15, 0.2) is 5.69 Å². The van der Waals surface area contributed by atoms with Crippen molar-refractivity contribution in [3.63, 3.8) is 0 Å². The Kier molecular flexibility index (Phi) is 5.78. The summed E-state index contributed by atoms with van der Waals surface area (Å²) in [7, 11) is 0. The van der Waals surface area contributed by atoms with Crippen LogP contribution in [-0.4, -0.2) is 28.6 Å². The molecule has 8 heteroatoms. The molecule has 0 atom stereocenters. The van der Waals surface area contributed by atoms with E-state index in [0.717, 1.165) is 23.5 Å². The number of nitrogens with zero attached hydrogens (tertiary/aromatic N) is 3. The number of anilines is 2. The molecule has 4 rings (SSSR count). The second-order valence-electron chi connectivity index (χ2n) is 6.44. The Labute approximate surface area is 177 Å². The first-order valence-electron chi connectivity index (χ1n) is 9.08. The fourth-order valence-electron chi connectivity index (χ4n) is 2.98. The molecule has 1 aromatic heterocycles. The van der Waals surface area contributed by atoms with Crippen molar-refractivity contribution >= 4 is 46.6 Å². The predicted octanol–water partition coefficient (Wildman–Crippen LogP) is 4.66. The van der Waals surface area contributed by atoms with Crippen LogP contribution in [-0.2, 0) is 4.79 Å². The first-order valence-corrected chi connectivity index (χ1v) is 10.3. The molecule has 2 heterocycles. The highest BCUT2D eigenvalue weighted by molar-refractivity contribution is 7.99. The Balaban J connectivity index is 1.39. The van der Waals surface area contributed by atoms with Crippen LogP contribution in [0.1, 0.15) is 23.3 Å². The molecule has 0 saturated carbocycles. The van der Waals surface area contributed by atoms with Crippen LogP contribution in [0.5, 0.6) is 0 Å². The third-order valence-corrected chi connectivity index (χ3v) is 5.88. The maximum atomic E-state index is 12.4. The maximum absolute atomic E-state index is 12.4. The zero-order valence-corrected chi connectivity index (χ0v) is 16.9. The van der Waals surface area contributed by atoms with Crippen LogP contribution in [0.2, 0.25) is 5.02 Å². The highest BCUT2D eigenvalue weighted by Gasteiger charge is 2.21. The molecule has 29 heavy (non-hydrogen) atoms. The van der Waals surface area contributed by atoms with E-state index < -0.39 is 0 Å². The normalized spacial score (nSPS) is 13.6. The minimum absolute atomic E-state index is 0.131. The van der Waals surface area contributed by atoms with Crippen LogP contribution >= 0.6 is 23.4 Å². The SMILES string of the molecule is O=C(Nc1ccc(N2CCCC2=O)cc1)c1ccc(Sc2ccccc2Cl)nn1. The second-order valence-corrected chi connectivity index (χ2v) is 7.91. The van der Waals surface area contributed by atoms with Gasteiger partial charge in [0, 0.05) is 29.2 Å². The lowest BCUT2D eigenvalue weighted by molar-refractivity contribution is -0.117. The highest BCUT2D eigenvalue weighted by atomic mass is 35.5. The van der Waals surface area contributed by atoms with Crippen molar-refractivity contribution in [3.8, 4) is 0 Å². The summed E-state index contributed by atoms with van der Waals surface area (Å²) in [5.41, 5.74) is 1.68. The summed E-state index contributed by atoms with van der Waals surface area (Å²) < 4.78 is 0. The van der Waals surface area contributed by atoms with E-state index in [-0.39, 0.29) is 17.5 Å². The predicted molar refractivity (Wildman–Crippen MR) is 114 cm³/mol. The largest absolute Gasteiger partial charge is 0.321 e. The Morgan fingerprint density at radius 2 is 1.83 bits per heavy atom. The van der Waals surface area contributed by atoms with E-state index in [4.69, 9.17) is 11.6 Å². The number of benzene rings is 2. The number of halogens is 1. The number of carbonyl (C=O) groups is 2. The zero-order chi connectivity index (χ0) is 20.2. The Hall–Kier alpha value is -2.90. The van der Waals surface area contributed by atoms with Gasteiger partial charge in [-0.3, -0.25) is 9.59 Å². The molecule has 6 nitrogen and oxygen atoms in total. The first kappa shape index (κ1) is 19.4. The monoisotopic (exact) mass is 424 g/mol. The molecule has 0 unspecified atom stereocenters. The van der Waals surface area contributed by atoms with Gasteiger partial charge in [0.05, 0.1) is 5.02 Å². The van der Waals surface area contributed by atoms with Gasteiger partial charge in [-0.2, -0.15) is 0 Å². The van der Waals surface area contributed by atoms with E-state index in [1.165, 1.54) is 11.8 Å². The lowest BCUT2D eigenvalue weighted by atomic mass is 10.2. The van der Waals surface area contributed by atoms with Gasteiger partial charge in [-0.15, -0.1) is 10.2 Å². The van der Waals surface area contributed by atoms with Crippen LogP contribution in [0.3, 0.4) is 0 Å². The van der Waals surface area contributed by atoms with E-state index in [1.54, 1.807) is 29.2 Å². The summed E-state index contributed by atoms with van der Waals surface area (Å²) in [5.74, 6) is -0.219. The summed E-state index contributed by atoms with van der Waals surface area (Å²) in [4.78, 5) is 26.9.